The molecule has 6 heteroatoms. The summed E-state index contributed by atoms with van der Waals surface area (Å²) < 4.78 is 13.6. The molecule has 0 radical (unpaired) electrons. The lowest BCUT2D eigenvalue weighted by atomic mass is 10.0. The molecule has 0 atom stereocenters. The average Bonchev–Trinajstić information content (AvgIpc) is 2.41. The Hall–Kier alpha value is -1.88. The summed E-state index contributed by atoms with van der Waals surface area (Å²) in [6.07, 6.45) is 0.742. The second-order valence-corrected chi connectivity index (χ2v) is 5.49. The molecule has 0 bridgehead atoms. The van der Waals surface area contributed by atoms with Crippen LogP contribution in [0.15, 0.2) is 22.8 Å². The van der Waals surface area contributed by atoms with Crippen LogP contribution in [0.4, 0.5) is 14.9 Å². The molecule has 0 saturated heterocycles. The minimum absolute atomic E-state index is 0.0171. The van der Waals surface area contributed by atoms with E-state index >= 15 is 0 Å². The second kappa shape index (κ2) is 5.85. The van der Waals surface area contributed by atoms with Crippen LogP contribution in [0.25, 0.3) is 5.70 Å². The van der Waals surface area contributed by atoms with Gasteiger partial charge in [-0.15, -0.1) is 0 Å². The zero-order valence-electron chi connectivity index (χ0n) is 12.4. The number of fused-ring (bicyclic) bond motifs is 1. The zero-order valence-corrected chi connectivity index (χ0v) is 13.2. The molecule has 1 aromatic carbocycles. The lowest BCUT2D eigenvalue weighted by Crippen LogP contribution is -2.35. The van der Waals surface area contributed by atoms with Crippen molar-refractivity contribution in [3.05, 3.63) is 34.1 Å². The predicted molar refractivity (Wildman–Crippen MR) is 83.9 cm³/mol. The van der Waals surface area contributed by atoms with E-state index in [1.807, 2.05) is 13.8 Å². The van der Waals surface area contributed by atoms with E-state index in [9.17, 15) is 9.18 Å². The van der Waals surface area contributed by atoms with Crippen molar-refractivity contribution in [3.63, 3.8) is 0 Å². The molecule has 1 aliphatic rings. The predicted octanol–water partition coefficient (Wildman–Crippen LogP) is 4.86. The van der Waals surface area contributed by atoms with Gasteiger partial charge in [0.25, 0.3) is 0 Å². The van der Waals surface area contributed by atoms with Gasteiger partial charge < -0.3 is 5.32 Å². The minimum atomic E-state index is -0.562. The Balaban J connectivity index is 2.72. The number of hydrogen-bond acceptors (Lipinski definition) is 2. The molecule has 21 heavy (non-hydrogen) atoms. The van der Waals surface area contributed by atoms with Crippen molar-refractivity contribution in [3.8, 4) is 0 Å². The van der Waals surface area contributed by atoms with Crippen molar-refractivity contribution in [2.24, 2.45) is 5.10 Å². The van der Waals surface area contributed by atoms with E-state index in [2.05, 4.69) is 10.4 Å². The molecule has 4 nitrogen and oxygen atoms in total. The molecule has 2 amide bonds. The van der Waals surface area contributed by atoms with Gasteiger partial charge in [0.1, 0.15) is 5.82 Å². The van der Waals surface area contributed by atoms with Crippen LogP contribution in [0, 0.1) is 5.82 Å². The highest BCUT2D eigenvalue weighted by atomic mass is 35.5. The molecule has 0 unspecified atom stereocenters. The average molecular weight is 310 g/mol. The van der Waals surface area contributed by atoms with Gasteiger partial charge in [0.05, 0.1) is 16.4 Å². The molecule has 1 aromatic rings. The number of rotatable bonds is 2. The summed E-state index contributed by atoms with van der Waals surface area (Å²) >= 11 is 5.88. The Bertz CT molecular complexity index is 663. The first-order chi connectivity index (χ1) is 9.85. The van der Waals surface area contributed by atoms with E-state index in [1.165, 1.54) is 17.1 Å². The molecule has 112 valence electrons. The number of urea groups is 1. The van der Waals surface area contributed by atoms with Gasteiger partial charge in [0, 0.05) is 11.3 Å². The molecule has 1 N–H and O–H groups in total. The van der Waals surface area contributed by atoms with Crippen molar-refractivity contribution >= 4 is 34.7 Å². The van der Waals surface area contributed by atoms with Crippen LogP contribution in [-0.2, 0) is 0 Å². The summed E-state index contributed by atoms with van der Waals surface area (Å²) in [6, 6.07) is 2.35. The van der Waals surface area contributed by atoms with Crippen molar-refractivity contribution in [2.75, 3.05) is 5.32 Å². The number of halogens is 2. The van der Waals surface area contributed by atoms with Crippen molar-refractivity contribution in [2.45, 2.75) is 34.1 Å². The summed E-state index contributed by atoms with van der Waals surface area (Å²) in [7, 11) is 0. The van der Waals surface area contributed by atoms with E-state index in [4.69, 9.17) is 11.6 Å². The maximum Gasteiger partial charge on any atom is 0.347 e. The summed E-state index contributed by atoms with van der Waals surface area (Å²) in [5.74, 6) is -0.562. The Kier molecular flexibility index (Phi) is 4.32. The normalized spacial score (nSPS) is 16.3. The Labute approximate surface area is 128 Å². The largest absolute Gasteiger partial charge is 0.347 e. The fraction of sp³-hybridized carbons (Fsp3) is 0.333. The maximum atomic E-state index is 13.6. The highest BCUT2D eigenvalue weighted by molar-refractivity contribution is 6.31. The van der Waals surface area contributed by atoms with Gasteiger partial charge in [0.2, 0.25) is 0 Å². The molecule has 1 heterocycles. The summed E-state index contributed by atoms with van der Waals surface area (Å²) in [6.45, 7) is 7.52. The van der Waals surface area contributed by atoms with Gasteiger partial charge in [-0.1, -0.05) is 18.5 Å². The van der Waals surface area contributed by atoms with Gasteiger partial charge in [-0.2, -0.15) is 10.1 Å². The van der Waals surface area contributed by atoms with Crippen LogP contribution in [0.1, 0.15) is 39.7 Å². The zero-order chi connectivity index (χ0) is 15.7. The monoisotopic (exact) mass is 309 g/mol. The molecule has 0 aromatic heterocycles. The van der Waals surface area contributed by atoms with E-state index in [0.29, 0.717) is 16.9 Å². The number of carbonyl (C=O) groups is 1. The minimum Gasteiger partial charge on any atom is -0.305 e. The Morgan fingerprint density at radius 1 is 1.38 bits per heavy atom. The number of nitrogens with one attached hydrogen (secondary N) is 1. The number of anilines is 1. The lowest BCUT2D eigenvalue weighted by Gasteiger charge is -2.30. The number of hydrogen-bond donors (Lipinski definition) is 1. The summed E-state index contributed by atoms with van der Waals surface area (Å²) in [5.41, 5.74) is 3.44. The van der Waals surface area contributed by atoms with E-state index in [-0.39, 0.29) is 5.02 Å². The summed E-state index contributed by atoms with van der Waals surface area (Å²) in [5, 5.41) is 8.23. The topological polar surface area (TPSA) is 44.7 Å². The molecule has 0 spiro atoms. The molecule has 0 fully saturated rings. The number of carbonyl (C=O) groups excluding carboxylic acids is 1. The summed E-state index contributed by atoms with van der Waals surface area (Å²) in [4.78, 5) is 12.2. The maximum absolute atomic E-state index is 13.6. The number of nitrogens with zero attached hydrogens (tertiary/aromatic N) is 2. The SMILES string of the molecule is CC/C(C)=C1\c2cc(Cl)c(F)cc2NC(=O)N1N=C(C)C. The standard InChI is InChI=1S/C15H17ClFN3O/c1-5-9(4)14-10-6-11(16)12(17)7-13(10)18-15(21)20(14)19-8(2)3/h6-7H,5H2,1-4H3,(H,18,21)/b14-9+. The third-order valence-electron chi connectivity index (χ3n) is 3.20. The first-order valence-corrected chi connectivity index (χ1v) is 7.05. The third-order valence-corrected chi connectivity index (χ3v) is 3.49. The molecular formula is C15H17ClFN3O. The van der Waals surface area contributed by atoms with Gasteiger partial charge in [-0.05, 0) is 44.9 Å². The van der Waals surface area contributed by atoms with Crippen LogP contribution in [0.5, 0.6) is 0 Å². The van der Waals surface area contributed by atoms with Gasteiger partial charge in [-0.25, -0.2) is 9.18 Å². The van der Waals surface area contributed by atoms with E-state index in [0.717, 1.165) is 17.7 Å². The van der Waals surface area contributed by atoms with Crippen LogP contribution < -0.4 is 5.32 Å². The van der Waals surface area contributed by atoms with Gasteiger partial charge in [-0.3, -0.25) is 0 Å². The fourth-order valence-corrected chi connectivity index (χ4v) is 2.27. The number of hydrazone groups is 1. The smallest absolute Gasteiger partial charge is 0.305 e. The lowest BCUT2D eigenvalue weighted by molar-refractivity contribution is 0.231. The Morgan fingerprint density at radius 3 is 2.62 bits per heavy atom. The van der Waals surface area contributed by atoms with Gasteiger partial charge >= 0.3 is 6.03 Å². The molecule has 1 aliphatic heterocycles. The third kappa shape index (κ3) is 2.93. The van der Waals surface area contributed by atoms with Crippen LogP contribution >= 0.6 is 11.6 Å². The van der Waals surface area contributed by atoms with Crippen LogP contribution in [0.2, 0.25) is 5.02 Å². The number of amides is 2. The molecule has 0 aliphatic carbocycles. The molecular weight excluding hydrogens is 293 g/mol. The first kappa shape index (κ1) is 15.5. The van der Waals surface area contributed by atoms with Crippen molar-refractivity contribution in [1.82, 2.24) is 5.01 Å². The quantitative estimate of drug-likeness (QED) is 0.779. The van der Waals surface area contributed by atoms with Crippen LogP contribution in [-0.4, -0.2) is 16.8 Å². The molecule has 2 rings (SSSR count). The Morgan fingerprint density at radius 2 is 2.05 bits per heavy atom. The molecule has 0 saturated carbocycles. The van der Waals surface area contributed by atoms with E-state index in [1.54, 1.807) is 13.8 Å². The van der Waals surface area contributed by atoms with E-state index < -0.39 is 11.8 Å². The van der Waals surface area contributed by atoms with Crippen molar-refractivity contribution in [1.29, 1.82) is 0 Å². The second-order valence-electron chi connectivity index (χ2n) is 5.08. The van der Waals surface area contributed by atoms with Crippen LogP contribution in [0.3, 0.4) is 0 Å². The van der Waals surface area contributed by atoms with Gasteiger partial charge in [0.15, 0.2) is 0 Å². The highest BCUT2D eigenvalue weighted by Crippen LogP contribution is 2.38. The number of benzene rings is 1. The number of allylic oxidation sites excluding steroid dienone is 1. The first-order valence-electron chi connectivity index (χ1n) is 6.67. The fourth-order valence-electron chi connectivity index (χ4n) is 2.10. The highest BCUT2D eigenvalue weighted by Gasteiger charge is 2.30. The van der Waals surface area contributed by atoms with Crippen molar-refractivity contribution < 1.29 is 9.18 Å².